The van der Waals surface area contributed by atoms with Gasteiger partial charge in [-0.3, -0.25) is 13.9 Å². The number of rotatable bonds is 9. The molecular weight excluding hydrogens is 458 g/mol. The summed E-state index contributed by atoms with van der Waals surface area (Å²) in [5.41, 5.74) is 1.10. The molecule has 0 bridgehead atoms. The summed E-state index contributed by atoms with van der Waals surface area (Å²) in [6.07, 6.45) is 1.04. The summed E-state index contributed by atoms with van der Waals surface area (Å²) in [6, 6.07) is 13.1. The topological polar surface area (TPSA) is 105 Å². The third kappa shape index (κ3) is 6.40. The lowest BCUT2D eigenvalue weighted by atomic mass is 10.1. The van der Waals surface area contributed by atoms with Crippen LogP contribution in [0.5, 0.6) is 11.5 Å². The Hall–Kier alpha value is -3.27. The molecule has 1 atom stereocenters. The average Bonchev–Trinajstić information content (AvgIpc) is 2.79. The smallest absolute Gasteiger partial charge is 0.244 e. The van der Waals surface area contributed by atoms with Gasteiger partial charge in [-0.1, -0.05) is 30.3 Å². The summed E-state index contributed by atoms with van der Waals surface area (Å²) >= 11 is 0. The lowest BCUT2D eigenvalue weighted by Crippen LogP contribution is -2.52. The van der Waals surface area contributed by atoms with Gasteiger partial charge in [0.15, 0.2) is 11.5 Å². The second-order valence-electron chi connectivity index (χ2n) is 8.44. The highest BCUT2D eigenvalue weighted by molar-refractivity contribution is 7.92. The van der Waals surface area contributed by atoms with Crippen molar-refractivity contribution in [2.75, 3.05) is 30.3 Å². The van der Waals surface area contributed by atoms with Gasteiger partial charge in [0.2, 0.25) is 21.8 Å². The quantitative estimate of drug-likeness (QED) is 0.579. The van der Waals surface area contributed by atoms with E-state index in [0.29, 0.717) is 24.7 Å². The van der Waals surface area contributed by atoms with Gasteiger partial charge >= 0.3 is 0 Å². The molecule has 1 aliphatic rings. The molecule has 2 aromatic rings. The number of ether oxygens (including phenoxy) is 2. The van der Waals surface area contributed by atoms with E-state index in [1.165, 1.54) is 4.90 Å². The largest absolute Gasteiger partial charge is 0.486 e. The fourth-order valence-electron chi connectivity index (χ4n) is 3.57. The Morgan fingerprint density at radius 1 is 1.00 bits per heavy atom. The Morgan fingerprint density at radius 2 is 1.65 bits per heavy atom. The van der Waals surface area contributed by atoms with Crippen molar-refractivity contribution < 1.29 is 27.5 Å². The van der Waals surface area contributed by atoms with E-state index in [1.807, 2.05) is 44.2 Å². The normalized spacial score (nSPS) is 13.8. The summed E-state index contributed by atoms with van der Waals surface area (Å²) in [7, 11) is -3.82. The van der Waals surface area contributed by atoms with Gasteiger partial charge in [-0.15, -0.1) is 0 Å². The Balaban J connectivity index is 1.90. The van der Waals surface area contributed by atoms with Crippen LogP contribution in [0.1, 0.15) is 26.3 Å². The fourth-order valence-corrected chi connectivity index (χ4v) is 4.41. The number of carbonyl (C=O) groups excluding carboxylic acids is 2. The van der Waals surface area contributed by atoms with Gasteiger partial charge in [-0.2, -0.15) is 0 Å². The summed E-state index contributed by atoms with van der Waals surface area (Å²) < 4.78 is 37.4. The minimum atomic E-state index is -3.82. The first kappa shape index (κ1) is 25.4. The number of anilines is 1. The van der Waals surface area contributed by atoms with E-state index in [2.05, 4.69) is 5.32 Å². The molecule has 9 nitrogen and oxygen atoms in total. The Kier molecular flexibility index (Phi) is 8.03. The average molecular weight is 490 g/mol. The molecule has 10 heteroatoms. The molecule has 0 unspecified atom stereocenters. The molecule has 2 amide bonds. The first-order chi connectivity index (χ1) is 16.1. The van der Waals surface area contributed by atoms with Crippen molar-refractivity contribution in [3.63, 3.8) is 0 Å². The summed E-state index contributed by atoms with van der Waals surface area (Å²) in [5.74, 6) is 0.107. The molecule has 0 saturated heterocycles. The Bertz CT molecular complexity index is 1120. The van der Waals surface area contributed by atoms with Gasteiger partial charge in [0.25, 0.3) is 0 Å². The van der Waals surface area contributed by atoms with Gasteiger partial charge in [0.1, 0.15) is 25.8 Å². The van der Waals surface area contributed by atoms with Crippen LogP contribution in [0.25, 0.3) is 0 Å². The van der Waals surface area contributed by atoms with Crippen LogP contribution in [0.15, 0.2) is 48.5 Å². The third-order valence-corrected chi connectivity index (χ3v) is 6.43. The SMILES string of the molecule is CC(C)NC(=O)[C@H](C)N(Cc1ccccc1)C(=O)CN(c1ccc2c(c1)OCCO2)S(C)(=O)=O. The van der Waals surface area contributed by atoms with Crippen LogP contribution in [0, 0.1) is 0 Å². The van der Waals surface area contributed by atoms with E-state index in [0.717, 1.165) is 16.1 Å². The van der Waals surface area contributed by atoms with Crippen LogP contribution < -0.4 is 19.1 Å². The molecule has 0 spiro atoms. The minimum absolute atomic E-state index is 0.103. The lowest BCUT2D eigenvalue weighted by molar-refractivity contribution is -0.139. The predicted molar refractivity (Wildman–Crippen MR) is 129 cm³/mol. The Labute approximate surface area is 200 Å². The standard InChI is InChI=1S/C24H31N3O6S/c1-17(2)25-24(29)18(3)26(15-19-8-6-5-7-9-19)23(28)16-27(34(4,30)31)20-10-11-21-22(14-20)33-13-12-32-21/h5-11,14,17-18H,12-13,15-16H2,1-4H3,(H,25,29)/t18-/m0/s1. The summed E-state index contributed by atoms with van der Waals surface area (Å²) in [6.45, 7) is 5.75. The van der Waals surface area contributed by atoms with Crippen LogP contribution >= 0.6 is 0 Å². The van der Waals surface area contributed by atoms with Gasteiger partial charge < -0.3 is 19.7 Å². The van der Waals surface area contributed by atoms with Gasteiger partial charge in [-0.05, 0) is 38.5 Å². The highest BCUT2D eigenvalue weighted by Gasteiger charge is 2.30. The zero-order valence-electron chi connectivity index (χ0n) is 19.9. The van der Waals surface area contributed by atoms with E-state index in [-0.39, 0.29) is 24.2 Å². The molecule has 0 radical (unpaired) electrons. The van der Waals surface area contributed by atoms with Crippen LogP contribution in [-0.4, -0.2) is 63.2 Å². The molecule has 0 aromatic heterocycles. The maximum absolute atomic E-state index is 13.5. The molecule has 2 aromatic carbocycles. The molecule has 0 fully saturated rings. The van der Waals surface area contributed by atoms with Crippen molar-refractivity contribution >= 4 is 27.5 Å². The number of nitrogens with one attached hydrogen (secondary N) is 1. The predicted octanol–water partition coefficient (Wildman–Crippen LogP) is 2.17. The van der Waals surface area contributed by atoms with E-state index in [9.17, 15) is 18.0 Å². The number of benzene rings is 2. The monoisotopic (exact) mass is 489 g/mol. The minimum Gasteiger partial charge on any atom is -0.486 e. The van der Waals surface area contributed by atoms with Crippen molar-refractivity contribution in [2.24, 2.45) is 0 Å². The van der Waals surface area contributed by atoms with Crippen LogP contribution in [-0.2, 0) is 26.2 Å². The molecule has 34 heavy (non-hydrogen) atoms. The highest BCUT2D eigenvalue weighted by atomic mass is 32.2. The zero-order chi connectivity index (χ0) is 24.9. The summed E-state index contributed by atoms with van der Waals surface area (Å²) in [5, 5.41) is 2.82. The third-order valence-electron chi connectivity index (χ3n) is 5.29. The number of nitrogens with zero attached hydrogens (tertiary/aromatic N) is 2. The molecule has 1 N–H and O–H groups in total. The van der Waals surface area contributed by atoms with E-state index in [1.54, 1.807) is 25.1 Å². The molecule has 0 saturated carbocycles. The van der Waals surface area contributed by atoms with Gasteiger partial charge in [0, 0.05) is 18.7 Å². The van der Waals surface area contributed by atoms with Gasteiger partial charge in [-0.25, -0.2) is 8.42 Å². The van der Waals surface area contributed by atoms with Crippen molar-refractivity contribution in [2.45, 2.75) is 39.4 Å². The lowest BCUT2D eigenvalue weighted by Gasteiger charge is -2.32. The highest BCUT2D eigenvalue weighted by Crippen LogP contribution is 2.34. The number of fused-ring (bicyclic) bond motifs is 1. The Morgan fingerprint density at radius 3 is 2.26 bits per heavy atom. The maximum Gasteiger partial charge on any atom is 0.244 e. The molecule has 3 rings (SSSR count). The van der Waals surface area contributed by atoms with Crippen LogP contribution in [0.3, 0.4) is 0 Å². The second kappa shape index (κ2) is 10.8. The van der Waals surface area contributed by atoms with Crippen molar-refractivity contribution in [1.29, 1.82) is 0 Å². The van der Waals surface area contributed by atoms with Crippen molar-refractivity contribution in [1.82, 2.24) is 10.2 Å². The fraction of sp³-hybridized carbons (Fsp3) is 0.417. The van der Waals surface area contributed by atoms with Crippen molar-refractivity contribution in [3.8, 4) is 11.5 Å². The second-order valence-corrected chi connectivity index (χ2v) is 10.4. The first-order valence-electron chi connectivity index (χ1n) is 11.1. The molecule has 184 valence electrons. The molecular formula is C24H31N3O6S. The van der Waals surface area contributed by atoms with E-state index in [4.69, 9.17) is 9.47 Å². The summed E-state index contributed by atoms with van der Waals surface area (Å²) in [4.78, 5) is 27.6. The zero-order valence-corrected chi connectivity index (χ0v) is 20.7. The molecule has 1 heterocycles. The number of hydrogen-bond acceptors (Lipinski definition) is 6. The molecule has 0 aliphatic carbocycles. The van der Waals surface area contributed by atoms with Gasteiger partial charge in [0.05, 0.1) is 11.9 Å². The van der Waals surface area contributed by atoms with E-state index >= 15 is 0 Å². The number of hydrogen-bond donors (Lipinski definition) is 1. The maximum atomic E-state index is 13.5. The molecule has 1 aliphatic heterocycles. The number of carbonyl (C=O) groups is 2. The van der Waals surface area contributed by atoms with E-state index < -0.39 is 28.5 Å². The van der Waals surface area contributed by atoms with Crippen LogP contribution in [0.4, 0.5) is 5.69 Å². The number of amides is 2. The van der Waals surface area contributed by atoms with Crippen LogP contribution in [0.2, 0.25) is 0 Å². The number of sulfonamides is 1. The van der Waals surface area contributed by atoms with Crippen molar-refractivity contribution in [3.05, 3.63) is 54.1 Å². The first-order valence-corrected chi connectivity index (χ1v) is 12.9.